The Bertz CT molecular complexity index is 814. The highest BCUT2D eigenvalue weighted by Gasteiger charge is 2.27. The van der Waals surface area contributed by atoms with Gasteiger partial charge in [-0.05, 0) is 54.8 Å². The number of carbonyl (C=O) groups is 2. The summed E-state index contributed by atoms with van der Waals surface area (Å²) in [6.07, 6.45) is 4.66. The number of hydrogen-bond acceptors (Lipinski definition) is 4. The van der Waals surface area contributed by atoms with Crippen LogP contribution in [0.25, 0.3) is 0 Å². The monoisotopic (exact) mass is 395 g/mol. The molecule has 1 saturated heterocycles. The second-order valence-corrected chi connectivity index (χ2v) is 7.32. The summed E-state index contributed by atoms with van der Waals surface area (Å²) in [7, 11) is 1.65. The Morgan fingerprint density at radius 1 is 0.966 bits per heavy atom. The largest absolute Gasteiger partial charge is 0.497 e. The number of nitrogens with zero attached hydrogens (tertiary/aromatic N) is 1. The van der Waals surface area contributed by atoms with Crippen molar-refractivity contribution in [2.24, 2.45) is 0 Å². The van der Waals surface area contributed by atoms with Gasteiger partial charge in [0, 0.05) is 18.5 Å². The van der Waals surface area contributed by atoms with Gasteiger partial charge >= 0.3 is 0 Å². The summed E-state index contributed by atoms with van der Waals surface area (Å²) in [5, 5.41) is 0. The molecule has 1 aliphatic rings. The molecule has 0 N–H and O–H groups in total. The molecule has 1 amide bonds. The first-order valence-corrected chi connectivity index (χ1v) is 10.3. The highest BCUT2D eigenvalue weighted by Crippen LogP contribution is 2.31. The van der Waals surface area contributed by atoms with Crippen LogP contribution in [0.2, 0.25) is 0 Å². The third-order valence-electron chi connectivity index (χ3n) is 5.43. The summed E-state index contributed by atoms with van der Waals surface area (Å²) in [4.78, 5) is 26.7. The van der Waals surface area contributed by atoms with Crippen LogP contribution in [0.5, 0.6) is 11.5 Å². The zero-order valence-corrected chi connectivity index (χ0v) is 17.2. The van der Waals surface area contributed by atoms with Crippen LogP contribution in [-0.2, 0) is 4.79 Å². The molecule has 0 radical (unpaired) electrons. The molecule has 154 valence electrons. The predicted octanol–water partition coefficient (Wildman–Crippen LogP) is 4.81. The summed E-state index contributed by atoms with van der Waals surface area (Å²) in [6.45, 7) is 2.57. The predicted molar refractivity (Wildman–Crippen MR) is 112 cm³/mol. The van der Waals surface area contributed by atoms with Crippen molar-refractivity contribution in [3.63, 3.8) is 0 Å². The molecular weight excluding hydrogens is 366 g/mol. The molecule has 2 aromatic carbocycles. The zero-order chi connectivity index (χ0) is 20.6. The highest BCUT2D eigenvalue weighted by atomic mass is 16.5. The van der Waals surface area contributed by atoms with Crippen molar-refractivity contribution in [1.82, 2.24) is 4.90 Å². The van der Waals surface area contributed by atoms with E-state index < -0.39 is 0 Å². The number of benzene rings is 2. The number of amides is 1. The van der Waals surface area contributed by atoms with E-state index >= 15 is 0 Å². The van der Waals surface area contributed by atoms with E-state index in [2.05, 4.69) is 0 Å². The Morgan fingerprint density at radius 3 is 2.31 bits per heavy atom. The van der Waals surface area contributed by atoms with Crippen molar-refractivity contribution in [2.75, 3.05) is 20.3 Å². The van der Waals surface area contributed by atoms with Crippen LogP contribution in [0, 0.1) is 0 Å². The Hall–Kier alpha value is -2.82. The van der Waals surface area contributed by atoms with E-state index in [1.165, 1.54) is 0 Å². The van der Waals surface area contributed by atoms with Gasteiger partial charge in [0.05, 0.1) is 13.2 Å². The second-order valence-electron chi connectivity index (χ2n) is 7.32. The number of hydrogen-bond donors (Lipinski definition) is 0. The Labute approximate surface area is 172 Å². The van der Waals surface area contributed by atoms with Gasteiger partial charge in [0.15, 0.2) is 12.4 Å². The maximum Gasteiger partial charge on any atom is 0.261 e. The van der Waals surface area contributed by atoms with E-state index in [0.29, 0.717) is 17.7 Å². The molecule has 0 aromatic heterocycles. The van der Waals surface area contributed by atoms with Crippen LogP contribution in [0.3, 0.4) is 0 Å². The maximum absolute atomic E-state index is 13.0. The van der Waals surface area contributed by atoms with Gasteiger partial charge in [0.1, 0.15) is 11.5 Å². The summed E-state index contributed by atoms with van der Waals surface area (Å²) < 4.78 is 11.0. The van der Waals surface area contributed by atoms with Crippen LogP contribution in [0.4, 0.5) is 0 Å². The molecule has 0 unspecified atom stereocenters. The third-order valence-corrected chi connectivity index (χ3v) is 5.43. The van der Waals surface area contributed by atoms with E-state index in [4.69, 9.17) is 9.47 Å². The minimum absolute atomic E-state index is 0.00622. The molecule has 5 nitrogen and oxygen atoms in total. The number of likely N-dealkylation sites (tertiary alicyclic amines) is 1. The molecule has 29 heavy (non-hydrogen) atoms. The van der Waals surface area contributed by atoms with Gasteiger partial charge in [0.2, 0.25) is 0 Å². The van der Waals surface area contributed by atoms with Crippen molar-refractivity contribution in [3.05, 3.63) is 59.7 Å². The molecule has 0 aliphatic carbocycles. The quantitative estimate of drug-likeness (QED) is 0.631. The molecule has 1 fully saturated rings. The molecule has 0 bridgehead atoms. The number of methoxy groups -OCH3 is 1. The number of carbonyl (C=O) groups excluding carboxylic acids is 2. The fourth-order valence-corrected chi connectivity index (χ4v) is 3.75. The molecule has 1 heterocycles. The van der Waals surface area contributed by atoms with Gasteiger partial charge in [-0.3, -0.25) is 9.59 Å². The molecule has 1 aliphatic heterocycles. The molecule has 3 rings (SSSR count). The Balaban J connectivity index is 1.66. The zero-order valence-electron chi connectivity index (χ0n) is 17.2. The van der Waals surface area contributed by atoms with Crippen molar-refractivity contribution >= 4 is 11.7 Å². The minimum Gasteiger partial charge on any atom is -0.497 e. The van der Waals surface area contributed by atoms with Crippen LogP contribution < -0.4 is 9.47 Å². The van der Waals surface area contributed by atoms with Crippen LogP contribution in [-0.4, -0.2) is 36.9 Å². The van der Waals surface area contributed by atoms with Crippen molar-refractivity contribution in [1.29, 1.82) is 0 Å². The van der Waals surface area contributed by atoms with Crippen molar-refractivity contribution in [3.8, 4) is 11.5 Å². The summed E-state index contributed by atoms with van der Waals surface area (Å²) >= 11 is 0. The van der Waals surface area contributed by atoms with Gasteiger partial charge in [-0.15, -0.1) is 0 Å². The minimum atomic E-state index is -0.0126. The number of Topliss-reactive ketones (excluding diaryl/α,β-unsaturated/α-hetero) is 1. The van der Waals surface area contributed by atoms with Crippen LogP contribution in [0.1, 0.15) is 61.0 Å². The van der Waals surface area contributed by atoms with Crippen molar-refractivity contribution in [2.45, 2.75) is 45.1 Å². The van der Waals surface area contributed by atoms with Crippen LogP contribution >= 0.6 is 0 Å². The van der Waals surface area contributed by atoms with E-state index in [1.54, 1.807) is 31.4 Å². The summed E-state index contributed by atoms with van der Waals surface area (Å²) in [5.41, 5.74) is 1.79. The third kappa shape index (κ3) is 5.37. The molecule has 5 heteroatoms. The van der Waals surface area contributed by atoms with Gasteiger partial charge in [-0.25, -0.2) is 0 Å². The average Bonchev–Trinajstić information content (AvgIpc) is 3.03. The normalized spacial score (nSPS) is 16.8. The lowest BCUT2D eigenvalue weighted by atomic mass is 10.0. The average molecular weight is 395 g/mol. The second kappa shape index (κ2) is 10.1. The van der Waals surface area contributed by atoms with Gasteiger partial charge in [-0.2, -0.15) is 0 Å². The fraction of sp³-hybridized carbons (Fsp3) is 0.417. The van der Waals surface area contributed by atoms with Gasteiger partial charge < -0.3 is 14.4 Å². The van der Waals surface area contributed by atoms with Gasteiger partial charge in [0.25, 0.3) is 5.91 Å². The number of ketones is 1. The van der Waals surface area contributed by atoms with Gasteiger partial charge in [-0.1, -0.05) is 31.9 Å². The Kier molecular flexibility index (Phi) is 7.28. The molecular formula is C24H29NO4. The van der Waals surface area contributed by atoms with E-state index in [9.17, 15) is 9.59 Å². The summed E-state index contributed by atoms with van der Waals surface area (Å²) in [6, 6.07) is 15.0. The van der Waals surface area contributed by atoms with Crippen LogP contribution in [0.15, 0.2) is 48.5 Å². The number of rotatable bonds is 7. The molecule has 0 saturated carbocycles. The SMILES string of the molecule is CCC(=O)c1ccc(OCC(=O)N2CCCCC[C@@H]2c2ccc(OC)cc2)cc1. The van der Waals surface area contributed by atoms with E-state index in [-0.39, 0.29) is 24.3 Å². The van der Waals surface area contributed by atoms with Crippen molar-refractivity contribution < 1.29 is 19.1 Å². The first-order valence-electron chi connectivity index (χ1n) is 10.3. The molecule has 0 spiro atoms. The lowest BCUT2D eigenvalue weighted by molar-refractivity contribution is -0.135. The maximum atomic E-state index is 13.0. The first kappa shape index (κ1) is 20.9. The lowest BCUT2D eigenvalue weighted by Gasteiger charge is -2.30. The van der Waals surface area contributed by atoms with E-state index in [1.807, 2.05) is 36.1 Å². The molecule has 1 atom stereocenters. The fourth-order valence-electron chi connectivity index (χ4n) is 3.75. The number of ether oxygens (including phenoxy) is 2. The smallest absolute Gasteiger partial charge is 0.261 e. The topological polar surface area (TPSA) is 55.8 Å². The standard InChI is InChI=1S/C24H29NO4/c1-3-23(26)19-10-14-21(15-11-19)29-17-24(27)25-16-6-4-5-7-22(25)18-8-12-20(28-2)13-9-18/h8-15,22H,3-7,16-17H2,1-2H3/t22-/m1/s1. The molecule has 2 aromatic rings. The highest BCUT2D eigenvalue weighted by molar-refractivity contribution is 5.95. The Morgan fingerprint density at radius 2 is 1.66 bits per heavy atom. The first-order chi connectivity index (χ1) is 14.1. The van der Waals surface area contributed by atoms with E-state index in [0.717, 1.165) is 43.5 Å². The summed E-state index contributed by atoms with van der Waals surface area (Å²) in [5.74, 6) is 1.50. The lowest BCUT2D eigenvalue weighted by Crippen LogP contribution is -2.38.